The SMILES string of the molecule is Cc1c(NN)nc(C(C)(C)C)nc1OCCOC(C)C. The number of ether oxygens (including phenoxy) is 2. The second-order valence-corrected chi connectivity index (χ2v) is 5.99. The second kappa shape index (κ2) is 6.85. The van der Waals surface area contributed by atoms with Gasteiger partial charge in [0.1, 0.15) is 12.4 Å². The Balaban J connectivity index is 2.88. The fourth-order valence-electron chi connectivity index (χ4n) is 1.53. The zero-order chi connectivity index (χ0) is 15.3. The van der Waals surface area contributed by atoms with Gasteiger partial charge >= 0.3 is 0 Å². The summed E-state index contributed by atoms with van der Waals surface area (Å²) in [5.74, 6) is 7.33. The maximum atomic E-state index is 5.69. The standard InChI is InChI=1S/C14H26N4O2/c1-9(2)19-7-8-20-12-10(3)11(18-15)16-13(17-12)14(4,5)6/h9H,7-8,15H2,1-6H3,(H,16,17,18). The van der Waals surface area contributed by atoms with Gasteiger partial charge in [-0.3, -0.25) is 0 Å². The minimum absolute atomic E-state index is 0.175. The van der Waals surface area contributed by atoms with E-state index in [2.05, 4.69) is 15.4 Å². The molecule has 0 spiro atoms. The molecule has 0 radical (unpaired) electrons. The number of hydrogen-bond donors (Lipinski definition) is 2. The lowest BCUT2D eigenvalue weighted by Gasteiger charge is -2.20. The van der Waals surface area contributed by atoms with Crippen molar-refractivity contribution in [2.24, 2.45) is 5.84 Å². The molecule has 0 aliphatic rings. The third-order valence-electron chi connectivity index (χ3n) is 2.68. The number of nitrogens with zero attached hydrogens (tertiary/aromatic N) is 2. The molecule has 0 aromatic carbocycles. The summed E-state index contributed by atoms with van der Waals surface area (Å²) >= 11 is 0. The van der Waals surface area contributed by atoms with E-state index >= 15 is 0 Å². The summed E-state index contributed by atoms with van der Waals surface area (Å²) in [6, 6.07) is 0. The molecule has 0 aliphatic carbocycles. The highest BCUT2D eigenvalue weighted by molar-refractivity contribution is 5.48. The first-order valence-corrected chi connectivity index (χ1v) is 6.85. The maximum Gasteiger partial charge on any atom is 0.221 e. The third-order valence-corrected chi connectivity index (χ3v) is 2.68. The number of nitrogens with two attached hydrogens (primary N) is 1. The van der Waals surface area contributed by atoms with Crippen molar-refractivity contribution >= 4 is 5.82 Å². The molecular weight excluding hydrogens is 256 g/mol. The van der Waals surface area contributed by atoms with Gasteiger partial charge in [-0.05, 0) is 20.8 Å². The van der Waals surface area contributed by atoms with Gasteiger partial charge in [0.25, 0.3) is 0 Å². The van der Waals surface area contributed by atoms with Crippen molar-refractivity contribution < 1.29 is 9.47 Å². The van der Waals surface area contributed by atoms with Crippen LogP contribution in [0.15, 0.2) is 0 Å². The van der Waals surface area contributed by atoms with Crippen LogP contribution in [-0.2, 0) is 10.2 Å². The molecule has 1 aromatic rings. The predicted molar refractivity (Wildman–Crippen MR) is 79.9 cm³/mol. The summed E-state index contributed by atoms with van der Waals surface area (Å²) in [5.41, 5.74) is 3.22. The highest BCUT2D eigenvalue weighted by atomic mass is 16.5. The predicted octanol–water partition coefficient (Wildman–Crippen LogP) is 2.17. The highest BCUT2D eigenvalue weighted by Crippen LogP contribution is 2.27. The van der Waals surface area contributed by atoms with Crippen molar-refractivity contribution in [1.82, 2.24) is 9.97 Å². The van der Waals surface area contributed by atoms with Crippen molar-refractivity contribution in [3.05, 3.63) is 11.4 Å². The van der Waals surface area contributed by atoms with Crippen molar-refractivity contribution in [1.29, 1.82) is 0 Å². The van der Waals surface area contributed by atoms with Crippen molar-refractivity contribution in [2.75, 3.05) is 18.6 Å². The largest absolute Gasteiger partial charge is 0.475 e. The highest BCUT2D eigenvalue weighted by Gasteiger charge is 2.21. The van der Waals surface area contributed by atoms with Crippen LogP contribution in [0.25, 0.3) is 0 Å². The Hall–Kier alpha value is -1.40. The van der Waals surface area contributed by atoms with E-state index in [1.54, 1.807) is 0 Å². The lowest BCUT2D eigenvalue weighted by molar-refractivity contribution is 0.0540. The van der Waals surface area contributed by atoms with Gasteiger partial charge < -0.3 is 14.9 Å². The maximum absolute atomic E-state index is 5.69. The number of aromatic nitrogens is 2. The van der Waals surface area contributed by atoms with E-state index in [4.69, 9.17) is 15.3 Å². The quantitative estimate of drug-likeness (QED) is 0.473. The van der Waals surface area contributed by atoms with Crippen molar-refractivity contribution in [3.63, 3.8) is 0 Å². The zero-order valence-corrected chi connectivity index (χ0v) is 13.3. The molecule has 6 nitrogen and oxygen atoms in total. The van der Waals surface area contributed by atoms with E-state index in [1.807, 2.05) is 41.5 Å². The van der Waals surface area contributed by atoms with E-state index in [1.165, 1.54) is 0 Å². The molecule has 0 fully saturated rings. The van der Waals surface area contributed by atoms with Crippen LogP contribution in [0.2, 0.25) is 0 Å². The molecule has 0 unspecified atom stereocenters. The molecular formula is C14H26N4O2. The van der Waals surface area contributed by atoms with Crippen LogP contribution in [-0.4, -0.2) is 29.3 Å². The van der Waals surface area contributed by atoms with E-state index in [-0.39, 0.29) is 11.5 Å². The summed E-state index contributed by atoms with van der Waals surface area (Å²) in [6.07, 6.45) is 0.191. The molecule has 1 aromatic heterocycles. The first kappa shape index (κ1) is 16.7. The van der Waals surface area contributed by atoms with Gasteiger partial charge in [0.15, 0.2) is 5.82 Å². The Morgan fingerprint density at radius 3 is 2.35 bits per heavy atom. The molecule has 20 heavy (non-hydrogen) atoms. The zero-order valence-electron chi connectivity index (χ0n) is 13.3. The minimum Gasteiger partial charge on any atom is -0.475 e. The van der Waals surface area contributed by atoms with Gasteiger partial charge in [-0.1, -0.05) is 20.8 Å². The first-order valence-electron chi connectivity index (χ1n) is 6.85. The van der Waals surface area contributed by atoms with Gasteiger partial charge in [-0.25, -0.2) is 10.8 Å². The molecule has 0 atom stereocenters. The second-order valence-electron chi connectivity index (χ2n) is 5.99. The lowest BCUT2D eigenvalue weighted by Crippen LogP contribution is -2.21. The molecule has 0 aliphatic heterocycles. The van der Waals surface area contributed by atoms with E-state index < -0.39 is 0 Å². The van der Waals surface area contributed by atoms with Crippen LogP contribution in [0.5, 0.6) is 5.88 Å². The van der Waals surface area contributed by atoms with E-state index in [9.17, 15) is 0 Å². The Labute approximate surface area is 121 Å². The van der Waals surface area contributed by atoms with Gasteiger partial charge in [-0.15, -0.1) is 0 Å². The molecule has 6 heteroatoms. The summed E-state index contributed by atoms with van der Waals surface area (Å²) in [4.78, 5) is 8.91. The molecule has 0 bridgehead atoms. The summed E-state index contributed by atoms with van der Waals surface area (Å²) < 4.78 is 11.1. The monoisotopic (exact) mass is 282 g/mol. The van der Waals surface area contributed by atoms with Crippen LogP contribution in [0.4, 0.5) is 5.82 Å². The van der Waals surface area contributed by atoms with Gasteiger partial charge in [0, 0.05) is 5.41 Å². The van der Waals surface area contributed by atoms with Gasteiger partial charge in [0.05, 0.1) is 18.3 Å². The van der Waals surface area contributed by atoms with Gasteiger partial charge in [-0.2, -0.15) is 4.98 Å². The fraction of sp³-hybridized carbons (Fsp3) is 0.714. The molecule has 0 saturated heterocycles. The molecule has 0 amide bonds. The van der Waals surface area contributed by atoms with Crippen LogP contribution in [0.1, 0.15) is 46.0 Å². The lowest BCUT2D eigenvalue weighted by atomic mass is 9.95. The Morgan fingerprint density at radius 1 is 1.20 bits per heavy atom. The number of anilines is 1. The smallest absolute Gasteiger partial charge is 0.221 e. The average Bonchev–Trinajstić information content (AvgIpc) is 2.34. The van der Waals surface area contributed by atoms with Crippen LogP contribution in [0, 0.1) is 6.92 Å². The van der Waals surface area contributed by atoms with Gasteiger partial charge in [0.2, 0.25) is 5.88 Å². The molecule has 1 heterocycles. The normalized spacial score (nSPS) is 11.8. The third kappa shape index (κ3) is 4.61. The Kier molecular flexibility index (Phi) is 5.71. The average molecular weight is 282 g/mol. The minimum atomic E-state index is -0.175. The van der Waals surface area contributed by atoms with Crippen LogP contribution in [0.3, 0.4) is 0 Å². The fourth-order valence-corrected chi connectivity index (χ4v) is 1.53. The Morgan fingerprint density at radius 2 is 1.85 bits per heavy atom. The number of nitrogen functional groups attached to an aromatic ring is 1. The topological polar surface area (TPSA) is 82.3 Å². The first-order chi connectivity index (χ1) is 9.25. The van der Waals surface area contributed by atoms with Crippen LogP contribution >= 0.6 is 0 Å². The molecule has 3 N–H and O–H groups in total. The molecule has 114 valence electrons. The number of hydrogen-bond acceptors (Lipinski definition) is 6. The molecule has 0 saturated carbocycles. The summed E-state index contributed by atoms with van der Waals surface area (Å²) in [5, 5.41) is 0. The summed E-state index contributed by atoms with van der Waals surface area (Å²) in [6.45, 7) is 13.0. The number of hydrazine groups is 1. The van der Waals surface area contributed by atoms with E-state index in [0.29, 0.717) is 30.7 Å². The Bertz CT molecular complexity index is 442. The number of nitrogens with one attached hydrogen (secondary N) is 1. The van der Waals surface area contributed by atoms with E-state index in [0.717, 1.165) is 5.56 Å². The molecule has 1 rings (SSSR count). The number of rotatable bonds is 6. The van der Waals surface area contributed by atoms with Crippen molar-refractivity contribution in [3.8, 4) is 5.88 Å². The van der Waals surface area contributed by atoms with Crippen molar-refractivity contribution in [2.45, 2.75) is 53.1 Å². The van der Waals surface area contributed by atoms with Crippen LogP contribution < -0.4 is 16.0 Å². The summed E-state index contributed by atoms with van der Waals surface area (Å²) in [7, 11) is 0.